The predicted octanol–water partition coefficient (Wildman–Crippen LogP) is 1.32. The summed E-state index contributed by atoms with van der Waals surface area (Å²) in [6.07, 6.45) is 0.768. The van der Waals surface area contributed by atoms with Gasteiger partial charge in [-0.15, -0.1) is 0 Å². The van der Waals surface area contributed by atoms with E-state index in [1.54, 1.807) is 30.3 Å². The Balaban J connectivity index is 2.01. The van der Waals surface area contributed by atoms with Crippen molar-refractivity contribution < 1.29 is 9.84 Å². The first kappa shape index (κ1) is 15.8. The van der Waals surface area contributed by atoms with Gasteiger partial charge in [0.05, 0.1) is 17.4 Å². The summed E-state index contributed by atoms with van der Waals surface area (Å²) in [5, 5.41) is 15.0. The lowest BCUT2D eigenvalue weighted by atomic mass is 10.0. The fourth-order valence-electron chi connectivity index (χ4n) is 2.49. The number of rotatable bonds is 5. The highest BCUT2D eigenvalue weighted by Gasteiger charge is 2.13. The number of aromatic hydroxyl groups is 1. The minimum absolute atomic E-state index is 0.0282. The summed E-state index contributed by atoms with van der Waals surface area (Å²) < 4.78 is 5.53. The van der Waals surface area contributed by atoms with E-state index < -0.39 is 11.1 Å². The smallest absolute Gasteiger partial charge is 0.274 e. The van der Waals surface area contributed by atoms with E-state index in [0.717, 1.165) is 6.42 Å². The van der Waals surface area contributed by atoms with Crippen LogP contribution in [0.25, 0.3) is 21.9 Å². The quantitative estimate of drug-likeness (QED) is 0.527. The minimum atomic E-state index is -0.550. The molecular formula is C17H17N3O4. The number of nitrogens with two attached hydrogens (primary N) is 1. The van der Waals surface area contributed by atoms with E-state index in [0.29, 0.717) is 30.0 Å². The van der Waals surface area contributed by atoms with Crippen molar-refractivity contribution in [2.45, 2.75) is 6.42 Å². The van der Waals surface area contributed by atoms with E-state index in [9.17, 15) is 14.7 Å². The molecule has 0 atom stereocenters. The zero-order valence-corrected chi connectivity index (χ0v) is 12.8. The van der Waals surface area contributed by atoms with Crippen molar-refractivity contribution in [3.05, 3.63) is 57.1 Å². The number of ether oxygens (including phenoxy) is 1. The second kappa shape index (κ2) is 6.59. The topological polar surface area (TPSA) is 121 Å². The van der Waals surface area contributed by atoms with Gasteiger partial charge in [0, 0.05) is 5.56 Å². The minimum Gasteiger partial charge on any atom is -0.506 e. The summed E-state index contributed by atoms with van der Waals surface area (Å²) in [7, 11) is 0. The van der Waals surface area contributed by atoms with Crippen LogP contribution in [0.3, 0.4) is 0 Å². The molecule has 0 aliphatic heterocycles. The highest BCUT2D eigenvalue weighted by Crippen LogP contribution is 2.33. The molecular weight excluding hydrogens is 310 g/mol. The average Bonchev–Trinajstić information content (AvgIpc) is 2.59. The molecule has 0 aliphatic rings. The molecule has 1 heterocycles. The molecule has 0 bridgehead atoms. The van der Waals surface area contributed by atoms with Crippen LogP contribution in [0.4, 0.5) is 0 Å². The van der Waals surface area contributed by atoms with Crippen molar-refractivity contribution in [2.24, 2.45) is 5.73 Å². The molecule has 7 heteroatoms. The van der Waals surface area contributed by atoms with Gasteiger partial charge < -0.3 is 15.6 Å². The Kier molecular flexibility index (Phi) is 4.35. The lowest BCUT2D eigenvalue weighted by Crippen LogP contribution is -2.19. The Morgan fingerprint density at radius 3 is 2.42 bits per heavy atom. The van der Waals surface area contributed by atoms with E-state index in [1.807, 2.05) is 0 Å². The van der Waals surface area contributed by atoms with Gasteiger partial charge in [-0.3, -0.25) is 19.8 Å². The lowest BCUT2D eigenvalue weighted by molar-refractivity contribution is 0.313. The zero-order chi connectivity index (χ0) is 17.1. The van der Waals surface area contributed by atoms with Crippen molar-refractivity contribution in [3.8, 4) is 22.6 Å². The maximum Gasteiger partial charge on any atom is 0.274 e. The van der Waals surface area contributed by atoms with Gasteiger partial charge in [-0.2, -0.15) is 0 Å². The molecule has 7 nitrogen and oxygen atoms in total. The van der Waals surface area contributed by atoms with Gasteiger partial charge in [0.25, 0.3) is 11.1 Å². The summed E-state index contributed by atoms with van der Waals surface area (Å²) in [6, 6.07) is 10.2. The SMILES string of the molecule is NCCCOc1ccc(-c2ccc3c(=O)[nH][nH]c(=O)c3c2O)cc1. The second-order valence-corrected chi connectivity index (χ2v) is 5.31. The van der Waals surface area contributed by atoms with Crippen LogP contribution in [-0.2, 0) is 0 Å². The Morgan fingerprint density at radius 1 is 1.00 bits per heavy atom. The number of phenolic OH excluding ortho intramolecular Hbond substituents is 1. The van der Waals surface area contributed by atoms with Crippen molar-refractivity contribution in [1.82, 2.24) is 10.2 Å². The van der Waals surface area contributed by atoms with Gasteiger partial charge >= 0.3 is 0 Å². The van der Waals surface area contributed by atoms with Crippen LogP contribution >= 0.6 is 0 Å². The molecule has 0 radical (unpaired) electrons. The van der Waals surface area contributed by atoms with Gasteiger partial charge in [-0.1, -0.05) is 12.1 Å². The Hall–Kier alpha value is -3.06. The predicted molar refractivity (Wildman–Crippen MR) is 91.5 cm³/mol. The molecule has 3 rings (SSSR count). The zero-order valence-electron chi connectivity index (χ0n) is 12.8. The van der Waals surface area contributed by atoms with Crippen molar-refractivity contribution >= 4 is 10.8 Å². The van der Waals surface area contributed by atoms with E-state index >= 15 is 0 Å². The Morgan fingerprint density at radius 2 is 1.71 bits per heavy atom. The Labute approximate surface area is 136 Å². The Bertz CT molecular complexity index is 974. The fraction of sp³-hybridized carbons (Fsp3) is 0.176. The highest BCUT2D eigenvalue weighted by molar-refractivity contribution is 5.93. The molecule has 1 aromatic heterocycles. The van der Waals surface area contributed by atoms with Crippen LogP contribution in [0.2, 0.25) is 0 Å². The largest absolute Gasteiger partial charge is 0.506 e. The fourth-order valence-corrected chi connectivity index (χ4v) is 2.49. The van der Waals surface area contributed by atoms with Crippen LogP contribution < -0.4 is 21.6 Å². The normalized spacial score (nSPS) is 10.9. The lowest BCUT2D eigenvalue weighted by Gasteiger charge is -2.09. The summed E-state index contributed by atoms with van der Waals surface area (Å²) in [5.41, 5.74) is 5.58. The molecule has 0 aliphatic carbocycles. The molecule has 24 heavy (non-hydrogen) atoms. The van der Waals surface area contributed by atoms with Crippen molar-refractivity contribution in [1.29, 1.82) is 0 Å². The maximum absolute atomic E-state index is 11.9. The van der Waals surface area contributed by atoms with E-state index in [4.69, 9.17) is 10.5 Å². The van der Waals surface area contributed by atoms with E-state index in [-0.39, 0.29) is 16.5 Å². The monoisotopic (exact) mass is 327 g/mol. The number of benzene rings is 2. The molecule has 124 valence electrons. The van der Waals surface area contributed by atoms with Crippen LogP contribution in [0, 0.1) is 0 Å². The molecule has 2 aromatic carbocycles. The van der Waals surface area contributed by atoms with Gasteiger partial charge in [0.2, 0.25) is 0 Å². The third-order valence-corrected chi connectivity index (χ3v) is 3.72. The summed E-state index contributed by atoms with van der Waals surface area (Å²) in [4.78, 5) is 23.7. The van der Waals surface area contributed by atoms with Crippen molar-refractivity contribution in [3.63, 3.8) is 0 Å². The van der Waals surface area contributed by atoms with Gasteiger partial charge in [-0.05, 0) is 42.8 Å². The molecule has 0 saturated carbocycles. The standard InChI is InChI=1S/C17H17N3O4/c18-8-1-9-24-11-4-2-10(3-5-11)12-6-7-13-14(15(12)21)17(23)20-19-16(13)22/h2-7,21H,1,8-9,18H2,(H,19,22)(H,20,23). The average molecular weight is 327 g/mol. The number of nitrogens with one attached hydrogen (secondary N) is 2. The number of hydrogen-bond acceptors (Lipinski definition) is 5. The number of aromatic nitrogens is 2. The first-order valence-electron chi connectivity index (χ1n) is 7.51. The van der Waals surface area contributed by atoms with Crippen molar-refractivity contribution in [2.75, 3.05) is 13.2 Å². The third-order valence-electron chi connectivity index (χ3n) is 3.72. The van der Waals surface area contributed by atoms with Gasteiger partial charge in [0.1, 0.15) is 11.5 Å². The molecule has 0 unspecified atom stereocenters. The molecule has 0 amide bonds. The number of phenols is 1. The van der Waals surface area contributed by atoms with Gasteiger partial charge in [0.15, 0.2) is 0 Å². The number of hydrogen-bond donors (Lipinski definition) is 4. The van der Waals surface area contributed by atoms with E-state index in [2.05, 4.69) is 10.2 Å². The molecule has 0 fully saturated rings. The maximum atomic E-state index is 11.9. The van der Waals surface area contributed by atoms with Crippen LogP contribution in [0.5, 0.6) is 11.5 Å². The molecule has 0 saturated heterocycles. The van der Waals surface area contributed by atoms with Crippen LogP contribution in [0.1, 0.15) is 6.42 Å². The first-order chi connectivity index (χ1) is 11.6. The van der Waals surface area contributed by atoms with E-state index in [1.165, 1.54) is 6.07 Å². The summed E-state index contributed by atoms with van der Waals surface area (Å²) >= 11 is 0. The molecule has 3 aromatic rings. The number of fused-ring (bicyclic) bond motifs is 1. The van der Waals surface area contributed by atoms with Crippen LogP contribution in [-0.4, -0.2) is 28.5 Å². The molecule has 5 N–H and O–H groups in total. The van der Waals surface area contributed by atoms with Gasteiger partial charge in [-0.25, -0.2) is 0 Å². The third kappa shape index (κ3) is 2.89. The second-order valence-electron chi connectivity index (χ2n) is 5.31. The highest BCUT2D eigenvalue weighted by atomic mass is 16.5. The first-order valence-corrected chi connectivity index (χ1v) is 7.51. The summed E-state index contributed by atoms with van der Waals surface area (Å²) in [5.74, 6) is 0.471. The number of H-pyrrole nitrogens is 2. The number of aromatic amines is 2. The molecule has 0 spiro atoms. The van der Waals surface area contributed by atoms with Crippen LogP contribution in [0.15, 0.2) is 46.0 Å². The summed E-state index contributed by atoms with van der Waals surface area (Å²) in [6.45, 7) is 1.10.